The Labute approximate surface area is 300 Å². The van der Waals surface area contributed by atoms with E-state index in [0.29, 0.717) is 19.3 Å². The Kier molecular flexibility index (Phi) is 31.0. The molecule has 0 radical (unpaired) electrons. The van der Waals surface area contributed by atoms with Crippen LogP contribution in [0.15, 0.2) is 72.9 Å². The van der Waals surface area contributed by atoms with Crippen molar-refractivity contribution in [1.82, 2.24) is 0 Å². The topological polar surface area (TPSA) is 172 Å². The van der Waals surface area contributed by atoms with Crippen molar-refractivity contribution >= 4 is 25.7 Å². The molecule has 284 valence electrons. The number of hydrogen-bond donors (Lipinski definition) is 3. The number of allylic oxidation sites excluding steroid dienone is 12. The molecule has 0 amide bonds. The van der Waals surface area contributed by atoms with Crippen LogP contribution in [0, 0.1) is 0 Å². The summed E-state index contributed by atoms with van der Waals surface area (Å²) in [6.07, 6.45) is 37.3. The number of esters is 2. The minimum absolute atomic E-state index is 0.0331. The molecule has 0 fully saturated rings. The Hall–Kier alpha value is -3.08. The molecule has 0 bridgehead atoms. The first kappa shape index (κ1) is 46.9. The van der Waals surface area contributed by atoms with Crippen LogP contribution in [0.2, 0.25) is 0 Å². The first-order valence-electron chi connectivity index (χ1n) is 18.0. The van der Waals surface area contributed by atoms with Gasteiger partial charge in [-0.2, -0.15) is 0 Å². The monoisotopic (exact) mass is 723 g/mol. The molecule has 11 nitrogen and oxygen atoms in total. The largest absolute Gasteiger partial charge is 0.480 e. The second-order valence-corrected chi connectivity index (χ2v) is 13.1. The molecule has 12 heteroatoms. The lowest BCUT2D eigenvalue weighted by atomic mass is 10.1. The number of hydrogen-bond acceptors (Lipinski definition) is 9. The second kappa shape index (κ2) is 33.1. The third-order valence-electron chi connectivity index (χ3n) is 6.98. The highest BCUT2D eigenvalue weighted by Gasteiger charge is 2.28. The Morgan fingerprint density at radius 1 is 0.640 bits per heavy atom. The number of phosphoric acid groups is 1. The first-order valence-corrected chi connectivity index (χ1v) is 19.5. The summed E-state index contributed by atoms with van der Waals surface area (Å²) in [6.45, 7) is 2.51. The van der Waals surface area contributed by atoms with Gasteiger partial charge in [-0.15, -0.1) is 0 Å². The van der Waals surface area contributed by atoms with Crippen LogP contribution < -0.4 is 5.73 Å². The summed E-state index contributed by atoms with van der Waals surface area (Å²) in [4.78, 5) is 45.5. The van der Waals surface area contributed by atoms with Crippen LogP contribution in [-0.4, -0.2) is 59.9 Å². The Morgan fingerprint density at radius 3 is 1.64 bits per heavy atom. The van der Waals surface area contributed by atoms with Crippen molar-refractivity contribution in [3.05, 3.63) is 72.9 Å². The predicted octanol–water partition coefficient (Wildman–Crippen LogP) is 8.61. The fraction of sp³-hybridized carbons (Fsp3) is 0.605. The summed E-state index contributed by atoms with van der Waals surface area (Å²) in [5, 5.41) is 8.83. The maximum atomic E-state index is 12.5. The molecule has 0 aliphatic rings. The maximum Gasteiger partial charge on any atom is 0.472 e. The molecule has 0 heterocycles. The third-order valence-corrected chi connectivity index (χ3v) is 7.93. The van der Waals surface area contributed by atoms with E-state index in [0.717, 1.165) is 57.8 Å². The lowest BCUT2D eigenvalue weighted by Gasteiger charge is -2.20. The fourth-order valence-corrected chi connectivity index (χ4v) is 4.92. The van der Waals surface area contributed by atoms with Gasteiger partial charge in [0.05, 0.1) is 13.2 Å². The van der Waals surface area contributed by atoms with Gasteiger partial charge < -0.3 is 25.2 Å². The highest BCUT2D eigenvalue weighted by molar-refractivity contribution is 7.47. The van der Waals surface area contributed by atoms with Crippen molar-refractivity contribution < 1.29 is 47.5 Å². The molecule has 0 saturated heterocycles. The van der Waals surface area contributed by atoms with Crippen LogP contribution in [0.5, 0.6) is 0 Å². The normalized spacial score (nSPS) is 14.8. The van der Waals surface area contributed by atoms with Gasteiger partial charge in [-0.25, -0.2) is 4.57 Å². The predicted molar refractivity (Wildman–Crippen MR) is 198 cm³/mol. The molecule has 3 unspecified atom stereocenters. The van der Waals surface area contributed by atoms with Gasteiger partial charge in [0.2, 0.25) is 0 Å². The molecule has 0 spiro atoms. The van der Waals surface area contributed by atoms with Crippen molar-refractivity contribution in [3.63, 3.8) is 0 Å². The zero-order valence-corrected chi connectivity index (χ0v) is 31.1. The Morgan fingerprint density at radius 2 is 1.12 bits per heavy atom. The number of carboxylic acids is 1. The highest BCUT2D eigenvalue weighted by atomic mass is 31.2. The van der Waals surface area contributed by atoms with Crippen LogP contribution in [-0.2, 0) is 37.5 Å². The lowest BCUT2D eigenvalue weighted by molar-refractivity contribution is -0.161. The number of ether oxygens (including phenoxy) is 2. The van der Waals surface area contributed by atoms with E-state index >= 15 is 0 Å². The van der Waals surface area contributed by atoms with Gasteiger partial charge in [0, 0.05) is 12.8 Å². The van der Waals surface area contributed by atoms with E-state index in [2.05, 4.69) is 73.1 Å². The zero-order chi connectivity index (χ0) is 37.1. The van der Waals surface area contributed by atoms with Crippen LogP contribution in [0.3, 0.4) is 0 Å². The average Bonchev–Trinajstić information content (AvgIpc) is 3.09. The summed E-state index contributed by atoms with van der Waals surface area (Å²) >= 11 is 0. The first-order chi connectivity index (χ1) is 24.1. The quantitative estimate of drug-likeness (QED) is 0.0263. The average molecular weight is 724 g/mol. The summed E-state index contributed by atoms with van der Waals surface area (Å²) in [5.74, 6) is -2.51. The summed E-state index contributed by atoms with van der Waals surface area (Å²) in [7, 11) is -4.73. The third kappa shape index (κ3) is 32.1. The Bertz CT molecular complexity index is 1130. The summed E-state index contributed by atoms with van der Waals surface area (Å²) < 4.78 is 32.3. The van der Waals surface area contributed by atoms with Gasteiger partial charge in [-0.1, -0.05) is 125 Å². The second-order valence-electron chi connectivity index (χ2n) is 11.6. The van der Waals surface area contributed by atoms with Crippen LogP contribution >= 0.6 is 7.82 Å². The van der Waals surface area contributed by atoms with Gasteiger partial charge >= 0.3 is 25.7 Å². The molecular formula is C38H62NO10P. The van der Waals surface area contributed by atoms with Crippen molar-refractivity contribution in [2.45, 2.75) is 129 Å². The van der Waals surface area contributed by atoms with E-state index < -0.39 is 51.1 Å². The molecule has 0 saturated carbocycles. The van der Waals surface area contributed by atoms with Crippen LogP contribution in [0.25, 0.3) is 0 Å². The van der Waals surface area contributed by atoms with Gasteiger partial charge in [0.25, 0.3) is 0 Å². The Balaban J connectivity index is 4.57. The van der Waals surface area contributed by atoms with Crippen LogP contribution in [0.4, 0.5) is 0 Å². The molecule has 3 atom stereocenters. The number of aliphatic carboxylic acids is 1. The molecule has 4 N–H and O–H groups in total. The van der Waals surface area contributed by atoms with E-state index in [9.17, 15) is 23.8 Å². The minimum atomic E-state index is -4.73. The fourth-order valence-electron chi connectivity index (χ4n) is 4.15. The summed E-state index contributed by atoms with van der Waals surface area (Å²) in [6, 6.07) is -1.53. The smallest absolute Gasteiger partial charge is 0.472 e. The van der Waals surface area contributed by atoms with Gasteiger partial charge in [-0.3, -0.25) is 23.4 Å². The molecule has 50 heavy (non-hydrogen) atoms. The molecule has 0 aromatic rings. The number of rotatable bonds is 32. The number of carbonyl (C=O) groups is 3. The number of nitrogens with two attached hydrogens (primary N) is 1. The maximum absolute atomic E-state index is 12.5. The van der Waals surface area contributed by atoms with E-state index in [1.165, 1.54) is 12.8 Å². The SMILES string of the molecule is CC/C=C\C/C=C\C/C=C\C/C=C\C/C=C\C/C=C\CCC(=O)OC(COC(=O)CCCCCCCCC)COP(=O)(O)OCC(N)C(=O)O. The van der Waals surface area contributed by atoms with Crippen molar-refractivity contribution in [1.29, 1.82) is 0 Å². The van der Waals surface area contributed by atoms with Crippen LogP contribution in [0.1, 0.15) is 117 Å². The lowest BCUT2D eigenvalue weighted by Crippen LogP contribution is -2.34. The zero-order valence-electron chi connectivity index (χ0n) is 30.2. The highest BCUT2D eigenvalue weighted by Crippen LogP contribution is 2.43. The molecular weight excluding hydrogens is 661 g/mol. The minimum Gasteiger partial charge on any atom is -0.480 e. The molecule has 0 aromatic heterocycles. The molecule has 0 aliphatic carbocycles. The molecule has 0 rings (SSSR count). The van der Waals surface area contributed by atoms with Gasteiger partial charge in [0.1, 0.15) is 12.6 Å². The number of unbranched alkanes of at least 4 members (excludes halogenated alkanes) is 6. The van der Waals surface area contributed by atoms with Gasteiger partial charge in [-0.05, 0) is 51.4 Å². The molecule has 0 aromatic carbocycles. The van der Waals surface area contributed by atoms with Crippen molar-refractivity contribution in [2.24, 2.45) is 5.73 Å². The van der Waals surface area contributed by atoms with Crippen molar-refractivity contribution in [3.8, 4) is 0 Å². The van der Waals surface area contributed by atoms with E-state index in [-0.39, 0.29) is 19.4 Å². The van der Waals surface area contributed by atoms with E-state index in [4.69, 9.17) is 24.8 Å². The number of carboxylic acid groups (broad SMARTS) is 1. The van der Waals surface area contributed by atoms with E-state index in [1.54, 1.807) is 0 Å². The molecule has 0 aliphatic heterocycles. The van der Waals surface area contributed by atoms with Gasteiger partial charge in [0.15, 0.2) is 6.10 Å². The summed E-state index contributed by atoms with van der Waals surface area (Å²) in [5.41, 5.74) is 5.29. The van der Waals surface area contributed by atoms with Crippen molar-refractivity contribution in [2.75, 3.05) is 19.8 Å². The standard InChI is InChI=1S/C38H62NO10P/c1-3-5-7-9-11-12-13-14-15-16-17-18-19-20-21-22-24-26-28-30-37(41)49-34(32-47-50(44,45)48-33-35(39)38(42)43)31-46-36(40)29-27-25-23-10-8-6-4-2/h5,7,11-12,14-15,17-18,20-21,24,26,34-35H,3-4,6,8-10,13,16,19,22-23,25,27-33,39H2,1-2H3,(H,42,43)(H,44,45)/b7-5-,12-11-,15-14-,18-17-,21-20-,26-24-. The number of phosphoric ester groups is 1. The van der Waals surface area contributed by atoms with E-state index in [1.807, 2.05) is 18.2 Å². The number of carbonyl (C=O) groups excluding carboxylic acids is 2.